The highest BCUT2D eigenvalue weighted by Gasteiger charge is 2.27. The summed E-state index contributed by atoms with van der Waals surface area (Å²) in [5, 5.41) is 3.86. The van der Waals surface area contributed by atoms with E-state index in [4.69, 9.17) is 0 Å². The minimum Gasteiger partial charge on any atom is -0.333 e. The summed E-state index contributed by atoms with van der Waals surface area (Å²) in [7, 11) is 0. The van der Waals surface area contributed by atoms with Gasteiger partial charge in [-0.2, -0.15) is 0 Å². The van der Waals surface area contributed by atoms with E-state index in [1.165, 1.54) is 17.4 Å². The third kappa shape index (κ3) is 2.11. The molecule has 1 N–H and O–H groups in total. The summed E-state index contributed by atoms with van der Waals surface area (Å²) >= 11 is 1.39. The van der Waals surface area contributed by atoms with Crippen molar-refractivity contribution in [2.24, 2.45) is 0 Å². The van der Waals surface area contributed by atoms with Crippen LogP contribution >= 0.6 is 11.3 Å². The average molecular weight is 292 g/mol. The SMILES string of the molecule is Cc1c(C(=O)N2CCNC[C@@H]2C)sc2cccc(F)c12. The van der Waals surface area contributed by atoms with Gasteiger partial charge in [-0.25, -0.2) is 4.39 Å². The third-order valence-corrected chi connectivity index (χ3v) is 5.10. The van der Waals surface area contributed by atoms with Gasteiger partial charge in [0, 0.05) is 35.8 Å². The number of benzene rings is 1. The van der Waals surface area contributed by atoms with Gasteiger partial charge in [0.2, 0.25) is 0 Å². The summed E-state index contributed by atoms with van der Waals surface area (Å²) in [5.41, 5.74) is 0.763. The van der Waals surface area contributed by atoms with E-state index in [0.29, 0.717) is 16.8 Å². The minimum absolute atomic E-state index is 0.0251. The van der Waals surface area contributed by atoms with Crippen LogP contribution in [0.2, 0.25) is 0 Å². The second-order valence-corrected chi connectivity index (χ2v) is 6.27. The lowest BCUT2D eigenvalue weighted by Gasteiger charge is -2.33. The van der Waals surface area contributed by atoms with E-state index < -0.39 is 0 Å². The lowest BCUT2D eigenvalue weighted by Crippen LogP contribution is -2.52. The fourth-order valence-corrected chi connectivity index (χ4v) is 3.91. The number of piperazine rings is 1. The summed E-state index contributed by atoms with van der Waals surface area (Å²) in [6, 6.07) is 5.18. The molecule has 3 nitrogen and oxygen atoms in total. The van der Waals surface area contributed by atoms with Crippen LogP contribution in [0.5, 0.6) is 0 Å². The number of hydrogen-bond donors (Lipinski definition) is 1. The van der Waals surface area contributed by atoms with Crippen LogP contribution in [0.3, 0.4) is 0 Å². The van der Waals surface area contributed by atoms with Crippen LogP contribution in [0.25, 0.3) is 10.1 Å². The number of nitrogens with one attached hydrogen (secondary N) is 1. The Hall–Kier alpha value is -1.46. The van der Waals surface area contributed by atoms with Crippen molar-refractivity contribution >= 4 is 27.3 Å². The molecule has 2 heterocycles. The van der Waals surface area contributed by atoms with Crippen LogP contribution in [0.15, 0.2) is 18.2 Å². The van der Waals surface area contributed by atoms with Gasteiger partial charge in [-0.3, -0.25) is 4.79 Å². The first-order valence-corrected chi connectivity index (χ1v) is 7.60. The minimum atomic E-state index is -0.247. The lowest BCUT2D eigenvalue weighted by atomic mass is 10.1. The molecule has 1 aliphatic rings. The van der Waals surface area contributed by atoms with Gasteiger partial charge in [-0.05, 0) is 31.5 Å². The maximum absolute atomic E-state index is 13.9. The number of hydrogen-bond acceptors (Lipinski definition) is 3. The van der Waals surface area contributed by atoms with Gasteiger partial charge >= 0.3 is 0 Å². The summed E-state index contributed by atoms with van der Waals surface area (Å²) < 4.78 is 14.8. The summed E-state index contributed by atoms with van der Waals surface area (Å²) in [6.07, 6.45) is 0. The zero-order valence-corrected chi connectivity index (χ0v) is 12.4. The highest BCUT2D eigenvalue weighted by atomic mass is 32.1. The van der Waals surface area contributed by atoms with Crippen molar-refractivity contribution in [2.75, 3.05) is 19.6 Å². The number of fused-ring (bicyclic) bond motifs is 1. The summed E-state index contributed by atoms with van der Waals surface area (Å²) in [4.78, 5) is 15.2. The predicted molar refractivity (Wildman–Crippen MR) is 79.9 cm³/mol. The zero-order valence-electron chi connectivity index (χ0n) is 11.6. The molecule has 5 heteroatoms. The molecule has 0 unspecified atom stereocenters. The Balaban J connectivity index is 2.03. The second-order valence-electron chi connectivity index (χ2n) is 5.22. The third-order valence-electron chi connectivity index (χ3n) is 3.86. The van der Waals surface area contributed by atoms with E-state index in [9.17, 15) is 9.18 Å². The van der Waals surface area contributed by atoms with Gasteiger partial charge in [-0.15, -0.1) is 11.3 Å². The first-order chi connectivity index (χ1) is 9.59. The van der Waals surface area contributed by atoms with E-state index in [0.717, 1.165) is 23.4 Å². The Labute approximate surface area is 121 Å². The highest BCUT2D eigenvalue weighted by molar-refractivity contribution is 7.21. The number of thiophene rings is 1. The molecular weight excluding hydrogens is 275 g/mol. The molecule has 1 fully saturated rings. The van der Waals surface area contributed by atoms with Gasteiger partial charge < -0.3 is 10.2 Å². The first-order valence-electron chi connectivity index (χ1n) is 6.79. The number of carbonyl (C=O) groups is 1. The molecule has 1 aromatic carbocycles. The van der Waals surface area contributed by atoms with Crippen molar-refractivity contribution < 1.29 is 9.18 Å². The molecule has 20 heavy (non-hydrogen) atoms. The molecule has 1 aromatic heterocycles. The molecule has 1 atom stereocenters. The maximum atomic E-state index is 13.9. The maximum Gasteiger partial charge on any atom is 0.264 e. The first kappa shape index (κ1) is 13.5. The molecule has 3 rings (SSSR count). The smallest absolute Gasteiger partial charge is 0.264 e. The van der Waals surface area contributed by atoms with Crippen LogP contribution in [0.4, 0.5) is 4.39 Å². The van der Waals surface area contributed by atoms with Crippen LogP contribution < -0.4 is 5.32 Å². The van der Waals surface area contributed by atoms with Crippen LogP contribution in [-0.2, 0) is 0 Å². The molecule has 0 spiro atoms. The second kappa shape index (κ2) is 5.14. The van der Waals surface area contributed by atoms with Crippen LogP contribution in [-0.4, -0.2) is 36.5 Å². The monoisotopic (exact) mass is 292 g/mol. The number of carbonyl (C=O) groups excluding carboxylic acids is 1. The summed E-state index contributed by atoms with van der Waals surface area (Å²) in [5.74, 6) is -0.222. The molecule has 1 aliphatic heterocycles. The molecule has 0 bridgehead atoms. The van der Waals surface area contributed by atoms with E-state index in [1.807, 2.05) is 24.8 Å². The number of halogens is 1. The van der Waals surface area contributed by atoms with E-state index in [-0.39, 0.29) is 17.8 Å². The number of amides is 1. The number of nitrogens with zero attached hydrogens (tertiary/aromatic N) is 1. The quantitative estimate of drug-likeness (QED) is 0.876. The number of aryl methyl sites for hydroxylation is 1. The highest BCUT2D eigenvalue weighted by Crippen LogP contribution is 2.33. The Morgan fingerprint density at radius 2 is 2.30 bits per heavy atom. The Morgan fingerprint density at radius 3 is 3.00 bits per heavy atom. The average Bonchev–Trinajstić information content (AvgIpc) is 2.77. The van der Waals surface area contributed by atoms with Crippen molar-refractivity contribution in [1.82, 2.24) is 10.2 Å². The van der Waals surface area contributed by atoms with Crippen LogP contribution in [0, 0.1) is 12.7 Å². The van der Waals surface area contributed by atoms with Crippen molar-refractivity contribution in [1.29, 1.82) is 0 Å². The van der Waals surface area contributed by atoms with E-state index in [1.54, 1.807) is 6.07 Å². The Bertz CT molecular complexity index is 667. The topological polar surface area (TPSA) is 32.3 Å². The molecule has 0 saturated carbocycles. The van der Waals surface area contributed by atoms with Gasteiger partial charge in [-0.1, -0.05) is 6.07 Å². The number of rotatable bonds is 1. The van der Waals surface area contributed by atoms with Gasteiger partial charge in [0.05, 0.1) is 4.88 Å². The lowest BCUT2D eigenvalue weighted by molar-refractivity contribution is 0.0660. The van der Waals surface area contributed by atoms with Crippen molar-refractivity contribution in [2.45, 2.75) is 19.9 Å². The van der Waals surface area contributed by atoms with E-state index >= 15 is 0 Å². The zero-order chi connectivity index (χ0) is 14.3. The van der Waals surface area contributed by atoms with Crippen molar-refractivity contribution in [3.8, 4) is 0 Å². The van der Waals surface area contributed by atoms with Gasteiger partial charge in [0.1, 0.15) is 5.82 Å². The molecule has 2 aromatic rings. The Morgan fingerprint density at radius 1 is 1.50 bits per heavy atom. The van der Waals surface area contributed by atoms with Crippen LogP contribution in [0.1, 0.15) is 22.2 Å². The van der Waals surface area contributed by atoms with E-state index in [2.05, 4.69) is 5.32 Å². The Kier molecular flexibility index (Phi) is 3.48. The molecule has 1 saturated heterocycles. The van der Waals surface area contributed by atoms with Crippen molar-refractivity contribution in [3.63, 3.8) is 0 Å². The summed E-state index contributed by atoms with van der Waals surface area (Å²) in [6.45, 7) is 6.20. The fraction of sp³-hybridized carbons (Fsp3) is 0.400. The molecule has 0 radical (unpaired) electrons. The van der Waals surface area contributed by atoms with Gasteiger partial charge in [0.15, 0.2) is 0 Å². The molecular formula is C15H17FN2OS. The normalized spacial score (nSPS) is 19.6. The largest absolute Gasteiger partial charge is 0.333 e. The molecule has 106 valence electrons. The molecule has 0 aliphatic carbocycles. The predicted octanol–water partition coefficient (Wildman–Crippen LogP) is 2.78. The molecule has 1 amide bonds. The van der Waals surface area contributed by atoms with Gasteiger partial charge in [0.25, 0.3) is 5.91 Å². The fourth-order valence-electron chi connectivity index (χ4n) is 2.73. The van der Waals surface area contributed by atoms with Crippen molar-refractivity contribution in [3.05, 3.63) is 34.5 Å². The standard InChI is InChI=1S/C15H17FN2OS/c1-9-8-17-6-7-18(9)15(19)14-10(2)13-11(16)4-3-5-12(13)20-14/h3-5,9,17H,6-8H2,1-2H3/t9-/m0/s1.